The molecule has 3 aliphatic heterocycles. The van der Waals surface area contributed by atoms with Crippen molar-refractivity contribution >= 4 is 5.91 Å². The summed E-state index contributed by atoms with van der Waals surface area (Å²) in [7, 11) is 0. The average Bonchev–Trinajstić information content (AvgIpc) is 1.96. The number of halogens is 1. The van der Waals surface area contributed by atoms with Crippen LogP contribution >= 0.6 is 0 Å². The Hall–Kier alpha value is -0.600. The first kappa shape index (κ1) is 6.87. The number of nitrogens with zero attached hydrogens (tertiary/aromatic N) is 1. The first-order valence-electron chi connectivity index (χ1n) is 4.64. The minimum absolute atomic E-state index is 0.0243. The van der Waals surface area contributed by atoms with Gasteiger partial charge in [0.05, 0.1) is 6.54 Å². The fourth-order valence-electron chi connectivity index (χ4n) is 3.21. The Bertz CT molecular complexity index is 235. The maximum atomic E-state index is 13.9. The molecule has 3 atom stereocenters. The number of rotatable bonds is 0. The Morgan fingerprint density at radius 3 is 3.00 bits per heavy atom. The Balaban J connectivity index is 2.00. The second kappa shape index (κ2) is 1.83. The molecule has 1 amide bonds. The molecule has 3 saturated heterocycles. The van der Waals surface area contributed by atoms with Crippen molar-refractivity contribution in [1.82, 2.24) is 4.90 Å². The van der Waals surface area contributed by atoms with Gasteiger partial charge < -0.3 is 4.90 Å². The topological polar surface area (TPSA) is 20.3 Å². The van der Waals surface area contributed by atoms with Crippen molar-refractivity contribution in [2.75, 3.05) is 13.1 Å². The van der Waals surface area contributed by atoms with Crippen LogP contribution in [0.2, 0.25) is 0 Å². The Labute approximate surface area is 70.7 Å². The van der Waals surface area contributed by atoms with Gasteiger partial charge in [-0.1, -0.05) is 0 Å². The maximum Gasteiger partial charge on any atom is 0.225 e. The molecule has 0 N–H and O–H groups in total. The van der Waals surface area contributed by atoms with Gasteiger partial charge in [-0.15, -0.1) is 0 Å². The number of alkyl halides is 1. The zero-order valence-corrected chi connectivity index (χ0v) is 6.92. The molecule has 66 valence electrons. The zero-order valence-electron chi connectivity index (χ0n) is 6.92. The van der Waals surface area contributed by atoms with Crippen LogP contribution in [0.4, 0.5) is 4.39 Å². The van der Waals surface area contributed by atoms with Crippen LogP contribution in [-0.4, -0.2) is 29.6 Å². The molecule has 0 aromatic rings. The summed E-state index contributed by atoms with van der Waals surface area (Å²) in [6.07, 6.45) is 2.15. The molecule has 0 aromatic carbocycles. The van der Waals surface area contributed by atoms with Gasteiger partial charge in [0.2, 0.25) is 5.91 Å². The molecule has 3 unspecified atom stereocenters. The van der Waals surface area contributed by atoms with Gasteiger partial charge in [-0.3, -0.25) is 4.79 Å². The lowest BCUT2D eigenvalue weighted by atomic mass is 9.66. The van der Waals surface area contributed by atoms with Crippen molar-refractivity contribution in [2.45, 2.75) is 24.9 Å². The van der Waals surface area contributed by atoms with Gasteiger partial charge in [-0.05, 0) is 25.2 Å². The summed E-state index contributed by atoms with van der Waals surface area (Å²) >= 11 is 0. The molecule has 2 nitrogen and oxygen atoms in total. The second-order valence-electron chi connectivity index (χ2n) is 4.58. The highest BCUT2D eigenvalue weighted by atomic mass is 19.1. The Kier molecular flexibility index (Phi) is 1.05. The van der Waals surface area contributed by atoms with E-state index >= 15 is 0 Å². The van der Waals surface area contributed by atoms with Crippen molar-refractivity contribution in [3.8, 4) is 0 Å². The van der Waals surface area contributed by atoms with E-state index in [4.69, 9.17) is 0 Å². The number of carbonyl (C=O) groups excluding carboxylic acids is 1. The largest absolute Gasteiger partial charge is 0.339 e. The molecule has 12 heavy (non-hydrogen) atoms. The molecule has 4 aliphatic rings. The van der Waals surface area contributed by atoms with Crippen LogP contribution in [-0.2, 0) is 4.79 Å². The molecule has 3 heteroatoms. The summed E-state index contributed by atoms with van der Waals surface area (Å²) < 4.78 is 13.9. The molecule has 1 saturated carbocycles. The molecule has 0 aromatic heterocycles. The first-order chi connectivity index (χ1) is 5.66. The van der Waals surface area contributed by atoms with Gasteiger partial charge >= 0.3 is 0 Å². The minimum Gasteiger partial charge on any atom is -0.339 e. The predicted octanol–water partition coefficient (Wildman–Crippen LogP) is 0.967. The van der Waals surface area contributed by atoms with Crippen molar-refractivity contribution in [3.63, 3.8) is 0 Å². The number of hydrogen-bond donors (Lipinski definition) is 0. The molecule has 3 heterocycles. The normalized spacial score (nSPS) is 50.4. The Morgan fingerprint density at radius 2 is 2.33 bits per heavy atom. The Morgan fingerprint density at radius 1 is 1.50 bits per heavy atom. The summed E-state index contributed by atoms with van der Waals surface area (Å²) in [5.41, 5.74) is -1.01. The molecule has 0 spiro atoms. The summed E-state index contributed by atoms with van der Waals surface area (Å²) in [6.45, 7) is 1.19. The number of carbonyl (C=O) groups is 1. The van der Waals surface area contributed by atoms with E-state index < -0.39 is 5.67 Å². The highest BCUT2D eigenvalue weighted by Gasteiger charge is 2.54. The smallest absolute Gasteiger partial charge is 0.225 e. The van der Waals surface area contributed by atoms with Gasteiger partial charge in [0.1, 0.15) is 5.67 Å². The van der Waals surface area contributed by atoms with Crippen LogP contribution in [0.1, 0.15) is 19.3 Å². The lowest BCUT2D eigenvalue weighted by Gasteiger charge is -2.53. The second-order valence-corrected chi connectivity index (χ2v) is 4.58. The number of hydrogen-bond acceptors (Lipinski definition) is 1. The summed E-state index contributed by atoms with van der Waals surface area (Å²) in [6, 6.07) is 0. The standard InChI is InChI=1S/C9H12FNO/c10-9-2-6-1-7(3-9)8(12)11(4-6)5-9/h6-7H,1-5H2. The highest BCUT2D eigenvalue weighted by molar-refractivity contribution is 5.81. The molecule has 1 aliphatic carbocycles. The minimum atomic E-state index is -1.01. The van der Waals surface area contributed by atoms with Gasteiger partial charge in [-0.2, -0.15) is 0 Å². The van der Waals surface area contributed by atoms with Gasteiger partial charge in [-0.25, -0.2) is 4.39 Å². The zero-order chi connectivity index (χ0) is 8.34. The molecular formula is C9H12FNO. The van der Waals surface area contributed by atoms with E-state index in [2.05, 4.69) is 0 Å². The lowest BCUT2D eigenvalue weighted by Crippen LogP contribution is -2.63. The van der Waals surface area contributed by atoms with E-state index in [1.54, 1.807) is 4.90 Å². The van der Waals surface area contributed by atoms with E-state index in [1.807, 2.05) is 0 Å². The molecule has 4 rings (SSSR count). The summed E-state index contributed by atoms with van der Waals surface area (Å²) in [5.74, 6) is 0.690. The number of piperidine rings is 3. The van der Waals surface area contributed by atoms with Crippen molar-refractivity contribution in [3.05, 3.63) is 0 Å². The average molecular weight is 169 g/mol. The molecule has 0 radical (unpaired) electrons. The van der Waals surface area contributed by atoms with Crippen molar-refractivity contribution < 1.29 is 9.18 Å². The predicted molar refractivity (Wildman–Crippen MR) is 41.3 cm³/mol. The van der Waals surface area contributed by atoms with Gasteiger partial charge in [0.15, 0.2) is 0 Å². The highest BCUT2D eigenvalue weighted by Crippen LogP contribution is 2.48. The third-order valence-corrected chi connectivity index (χ3v) is 3.50. The van der Waals surface area contributed by atoms with E-state index in [-0.39, 0.29) is 11.8 Å². The van der Waals surface area contributed by atoms with E-state index in [0.29, 0.717) is 25.3 Å². The fourth-order valence-corrected chi connectivity index (χ4v) is 3.21. The van der Waals surface area contributed by atoms with E-state index in [0.717, 1.165) is 13.0 Å². The quantitative estimate of drug-likeness (QED) is 0.529. The van der Waals surface area contributed by atoms with Crippen LogP contribution in [0.3, 0.4) is 0 Å². The third kappa shape index (κ3) is 0.718. The van der Waals surface area contributed by atoms with Crippen LogP contribution in [0.15, 0.2) is 0 Å². The molecular weight excluding hydrogens is 157 g/mol. The SMILES string of the molecule is O=C1C2CC3CN1CC(F)(C3)C2. The monoisotopic (exact) mass is 169 g/mol. The maximum absolute atomic E-state index is 13.9. The van der Waals surface area contributed by atoms with Gasteiger partial charge in [0, 0.05) is 12.5 Å². The first-order valence-corrected chi connectivity index (χ1v) is 4.64. The van der Waals surface area contributed by atoms with Crippen molar-refractivity contribution in [2.24, 2.45) is 11.8 Å². The molecule has 4 bridgehead atoms. The fraction of sp³-hybridized carbons (Fsp3) is 0.889. The summed E-state index contributed by atoms with van der Waals surface area (Å²) in [5, 5.41) is 0. The number of amides is 1. The van der Waals surface area contributed by atoms with Gasteiger partial charge in [0.25, 0.3) is 0 Å². The third-order valence-electron chi connectivity index (χ3n) is 3.50. The van der Waals surface area contributed by atoms with Crippen LogP contribution in [0.25, 0.3) is 0 Å². The van der Waals surface area contributed by atoms with Crippen molar-refractivity contribution in [1.29, 1.82) is 0 Å². The van der Waals surface area contributed by atoms with Crippen LogP contribution in [0.5, 0.6) is 0 Å². The molecule has 4 fully saturated rings. The summed E-state index contributed by atoms with van der Waals surface area (Å²) in [4.78, 5) is 13.2. The van der Waals surface area contributed by atoms with E-state index in [1.165, 1.54) is 0 Å². The van der Waals surface area contributed by atoms with Crippen LogP contribution < -0.4 is 0 Å². The lowest BCUT2D eigenvalue weighted by molar-refractivity contribution is -0.164. The van der Waals surface area contributed by atoms with Crippen LogP contribution in [0, 0.1) is 11.8 Å². The van der Waals surface area contributed by atoms with E-state index in [9.17, 15) is 9.18 Å².